The van der Waals surface area contributed by atoms with Crippen molar-refractivity contribution in [1.29, 1.82) is 0 Å². The summed E-state index contributed by atoms with van der Waals surface area (Å²) in [7, 11) is -4.64. The van der Waals surface area contributed by atoms with E-state index < -0.39 is 7.82 Å². The fourth-order valence-corrected chi connectivity index (χ4v) is 0. The van der Waals surface area contributed by atoms with Crippen LogP contribution in [0, 0.1) is 6.92 Å². The molecule has 0 aliphatic carbocycles. The van der Waals surface area contributed by atoms with Gasteiger partial charge in [-0.15, -0.1) is 0 Å². The summed E-state index contributed by atoms with van der Waals surface area (Å²) >= 11 is 0. The molecule has 0 saturated carbocycles. The molecule has 0 amide bonds. The van der Waals surface area contributed by atoms with Gasteiger partial charge in [0.15, 0.2) is 0 Å². The van der Waals surface area contributed by atoms with Gasteiger partial charge < -0.3 is 14.7 Å². The summed E-state index contributed by atoms with van der Waals surface area (Å²) in [5, 5.41) is 0. The molecule has 0 radical (unpaired) electrons. The van der Waals surface area contributed by atoms with Crippen LogP contribution in [-0.2, 0) is 4.57 Å². The van der Waals surface area contributed by atoms with E-state index in [1.165, 1.54) is 6.08 Å². The van der Waals surface area contributed by atoms with Gasteiger partial charge in [-0.05, 0) is 0 Å². The average molecular weight is 162 g/mol. The molecule has 6 heteroatoms. The molecule has 0 atom stereocenters. The molecule has 4 nitrogen and oxygen atoms in total. The molecular formula is C3H8NaO4P. The Morgan fingerprint density at radius 1 is 1.44 bits per heavy atom. The van der Waals surface area contributed by atoms with E-state index in [9.17, 15) is 0 Å². The molecule has 0 aliphatic rings. The maximum absolute atomic E-state index is 8.88. The van der Waals surface area contributed by atoms with Crippen LogP contribution in [0.3, 0.4) is 0 Å². The molecule has 0 heterocycles. The van der Waals surface area contributed by atoms with Crippen molar-refractivity contribution in [3.8, 4) is 0 Å². The summed E-state index contributed by atoms with van der Waals surface area (Å²) in [5.41, 5.74) is 0. The maximum atomic E-state index is 8.88. The maximum Gasteiger partial charge on any atom is 1.00 e. The van der Waals surface area contributed by atoms with Gasteiger partial charge in [-0.1, -0.05) is 0 Å². The number of rotatable bonds is 0. The van der Waals surface area contributed by atoms with Crippen LogP contribution in [0.25, 0.3) is 0 Å². The Kier molecular flexibility index (Phi) is 15.9. The van der Waals surface area contributed by atoms with Crippen molar-refractivity contribution < 1.29 is 48.8 Å². The second-order valence-corrected chi connectivity index (χ2v) is 1.83. The Bertz CT molecular complexity index is 89.7. The monoisotopic (exact) mass is 162 g/mol. The number of hydrogen-bond donors (Lipinski definition) is 3. The summed E-state index contributed by atoms with van der Waals surface area (Å²) in [5.74, 6) is 0. The van der Waals surface area contributed by atoms with Crippen molar-refractivity contribution in [3.05, 3.63) is 19.6 Å². The van der Waals surface area contributed by atoms with E-state index in [1.807, 2.05) is 0 Å². The third-order valence-electron chi connectivity index (χ3n) is 0. The van der Waals surface area contributed by atoms with E-state index in [-0.39, 0.29) is 29.6 Å². The molecule has 0 spiro atoms. The van der Waals surface area contributed by atoms with Gasteiger partial charge >= 0.3 is 37.4 Å². The van der Waals surface area contributed by atoms with Crippen molar-refractivity contribution in [3.63, 3.8) is 0 Å². The second-order valence-electron chi connectivity index (χ2n) is 0.802. The molecule has 0 aromatic rings. The summed E-state index contributed by atoms with van der Waals surface area (Å²) in [4.78, 5) is 21.6. The van der Waals surface area contributed by atoms with E-state index in [0.29, 0.717) is 0 Å². The number of allylic oxidation sites excluding steroid dienone is 1. The normalized spacial score (nSPS) is 7.89. The van der Waals surface area contributed by atoms with Crippen molar-refractivity contribution >= 4 is 7.82 Å². The molecule has 0 aliphatic heterocycles. The summed E-state index contributed by atoms with van der Waals surface area (Å²) in [6.07, 6.45) is 1.50. The van der Waals surface area contributed by atoms with E-state index in [4.69, 9.17) is 19.2 Å². The summed E-state index contributed by atoms with van der Waals surface area (Å²) < 4.78 is 8.88. The number of hydrogen-bond acceptors (Lipinski definition) is 1. The quantitative estimate of drug-likeness (QED) is 0.202. The Morgan fingerprint density at radius 2 is 1.44 bits per heavy atom. The topological polar surface area (TPSA) is 77.8 Å². The zero-order valence-electron chi connectivity index (χ0n) is 5.19. The Morgan fingerprint density at radius 3 is 1.44 bits per heavy atom. The van der Waals surface area contributed by atoms with Gasteiger partial charge in [0, 0.05) is 0 Å². The molecule has 0 fully saturated rings. The van der Waals surface area contributed by atoms with Gasteiger partial charge in [0.1, 0.15) is 0 Å². The predicted octanol–water partition coefficient (Wildman–Crippen LogP) is -2.92. The van der Waals surface area contributed by atoms with Gasteiger partial charge in [-0.25, -0.2) is 24.1 Å². The molecule has 0 rings (SSSR count). The number of phosphoric acid groups is 1. The molecule has 0 unspecified atom stereocenters. The Balaban J connectivity index is -0.0000000800. The van der Waals surface area contributed by atoms with E-state index >= 15 is 0 Å². The molecule has 3 N–H and O–H groups in total. The molecule has 9 heavy (non-hydrogen) atoms. The van der Waals surface area contributed by atoms with Crippen LogP contribution in [0.5, 0.6) is 0 Å². The second kappa shape index (κ2) is 8.72. The Labute approximate surface area is 76.1 Å². The zero-order valence-corrected chi connectivity index (χ0v) is 8.08. The first-order valence-corrected chi connectivity index (χ1v) is 3.16. The van der Waals surface area contributed by atoms with Crippen molar-refractivity contribution in [2.75, 3.05) is 0 Å². The molecule has 0 aromatic carbocycles. The first-order chi connectivity index (χ1) is 3.41. The van der Waals surface area contributed by atoms with Crippen LogP contribution in [0.2, 0.25) is 0 Å². The summed E-state index contributed by atoms with van der Waals surface area (Å²) in [6, 6.07) is 0. The van der Waals surface area contributed by atoms with E-state index in [2.05, 4.69) is 13.5 Å². The minimum atomic E-state index is -4.64. The van der Waals surface area contributed by atoms with Crippen LogP contribution in [0.1, 0.15) is 0 Å². The molecule has 50 valence electrons. The SMILES string of the molecule is C=C[CH2-].O=P(O)(O)O.[Na+]. The Hall–Kier alpha value is 0.720. The van der Waals surface area contributed by atoms with Crippen molar-refractivity contribution in [1.82, 2.24) is 0 Å². The van der Waals surface area contributed by atoms with Crippen LogP contribution < -0.4 is 29.6 Å². The van der Waals surface area contributed by atoms with Crippen LogP contribution >= 0.6 is 7.82 Å². The molecule has 0 saturated heterocycles. The molecule has 0 aromatic heterocycles. The fraction of sp³-hybridized carbons (Fsp3) is 0. The van der Waals surface area contributed by atoms with Gasteiger partial charge in [-0.3, -0.25) is 0 Å². The first-order valence-electron chi connectivity index (χ1n) is 1.60. The molecule has 0 bridgehead atoms. The zero-order chi connectivity index (χ0) is 7.21. The van der Waals surface area contributed by atoms with Gasteiger partial charge in [0.25, 0.3) is 0 Å². The van der Waals surface area contributed by atoms with Crippen LogP contribution in [0.4, 0.5) is 0 Å². The predicted molar refractivity (Wildman–Crippen MR) is 29.8 cm³/mol. The van der Waals surface area contributed by atoms with E-state index in [0.717, 1.165) is 0 Å². The van der Waals surface area contributed by atoms with Crippen LogP contribution in [-0.4, -0.2) is 14.7 Å². The van der Waals surface area contributed by atoms with Gasteiger partial charge in [0.2, 0.25) is 0 Å². The fourth-order valence-electron chi connectivity index (χ4n) is 0. The smallest absolute Gasteiger partial charge is 0.303 e. The van der Waals surface area contributed by atoms with Gasteiger partial charge in [-0.2, -0.15) is 0 Å². The van der Waals surface area contributed by atoms with Crippen LogP contribution in [0.15, 0.2) is 12.7 Å². The van der Waals surface area contributed by atoms with E-state index in [1.54, 1.807) is 0 Å². The van der Waals surface area contributed by atoms with Crippen molar-refractivity contribution in [2.24, 2.45) is 0 Å². The minimum Gasteiger partial charge on any atom is -0.303 e. The minimum absolute atomic E-state index is 0. The first kappa shape index (κ1) is 16.4. The third kappa shape index (κ3) is 760. The largest absolute Gasteiger partial charge is 1.00 e. The van der Waals surface area contributed by atoms with Gasteiger partial charge in [0.05, 0.1) is 0 Å². The average Bonchev–Trinajstić information content (AvgIpc) is 1.27. The molecular weight excluding hydrogens is 154 g/mol. The third-order valence-corrected chi connectivity index (χ3v) is 0. The van der Waals surface area contributed by atoms with Crippen molar-refractivity contribution in [2.45, 2.75) is 0 Å². The standard InChI is InChI=1S/C3H5.Na.H3O4P/c1-3-2;;1-5(2,3)4/h3H,1-2H2;;(H3,1,2,3,4)/q-1;+1;. The summed E-state index contributed by atoms with van der Waals surface area (Å²) in [6.45, 7) is 6.50.